The molecule has 0 spiro atoms. The van der Waals surface area contributed by atoms with Crippen molar-refractivity contribution in [3.63, 3.8) is 0 Å². The average molecular weight is 260 g/mol. The first-order chi connectivity index (χ1) is 8.45. The number of nitrogens with zero attached hydrogens (tertiary/aromatic N) is 1. The van der Waals surface area contributed by atoms with Gasteiger partial charge >= 0.3 is 12.0 Å². The summed E-state index contributed by atoms with van der Waals surface area (Å²) in [6.07, 6.45) is -0.364. The van der Waals surface area contributed by atoms with Crippen molar-refractivity contribution in [2.24, 2.45) is 5.92 Å². The van der Waals surface area contributed by atoms with E-state index in [2.05, 4.69) is 5.32 Å². The lowest BCUT2D eigenvalue weighted by Crippen LogP contribution is -2.53. The van der Waals surface area contributed by atoms with Crippen molar-refractivity contribution in [2.75, 3.05) is 26.3 Å². The molecule has 0 aromatic carbocycles. The Balaban J connectivity index is 2.47. The molecule has 7 heteroatoms. The summed E-state index contributed by atoms with van der Waals surface area (Å²) in [4.78, 5) is 24.2. The Hall–Kier alpha value is -1.34. The molecule has 18 heavy (non-hydrogen) atoms. The van der Waals surface area contributed by atoms with E-state index in [0.29, 0.717) is 19.7 Å². The molecule has 0 aromatic heterocycles. The van der Waals surface area contributed by atoms with Crippen LogP contribution in [0.25, 0.3) is 0 Å². The van der Waals surface area contributed by atoms with Gasteiger partial charge in [0.05, 0.1) is 31.8 Å². The first-order valence-electron chi connectivity index (χ1n) is 5.96. The monoisotopic (exact) mass is 260 g/mol. The quantitative estimate of drug-likeness (QED) is 0.633. The van der Waals surface area contributed by atoms with Crippen molar-refractivity contribution < 1.29 is 24.5 Å². The molecule has 1 aliphatic heterocycles. The molecule has 0 saturated carbocycles. The van der Waals surface area contributed by atoms with Gasteiger partial charge in [-0.3, -0.25) is 4.79 Å². The molecular formula is C11H20N2O5. The summed E-state index contributed by atoms with van der Waals surface area (Å²) in [6.45, 7) is 4.20. The highest BCUT2D eigenvalue weighted by atomic mass is 16.5. The number of nitrogens with one attached hydrogen (secondary N) is 1. The van der Waals surface area contributed by atoms with Gasteiger partial charge in [0.2, 0.25) is 0 Å². The Morgan fingerprint density at radius 1 is 1.50 bits per heavy atom. The van der Waals surface area contributed by atoms with E-state index in [1.807, 2.05) is 0 Å². The summed E-state index contributed by atoms with van der Waals surface area (Å²) in [5.41, 5.74) is 0. The van der Waals surface area contributed by atoms with E-state index in [-0.39, 0.29) is 18.7 Å². The maximum Gasteiger partial charge on any atom is 0.317 e. The lowest BCUT2D eigenvalue weighted by atomic mass is 10.0. The molecule has 3 unspecified atom stereocenters. The molecule has 1 saturated heterocycles. The second-order valence-electron chi connectivity index (χ2n) is 4.49. The molecule has 1 heterocycles. The zero-order chi connectivity index (χ0) is 13.7. The van der Waals surface area contributed by atoms with Gasteiger partial charge in [-0.2, -0.15) is 0 Å². The van der Waals surface area contributed by atoms with Crippen molar-refractivity contribution in [1.82, 2.24) is 10.2 Å². The molecule has 3 N–H and O–H groups in total. The SMILES string of the molecule is CC(NC(=O)N1CCOC(CO)C1)C(C)C(=O)O. The van der Waals surface area contributed by atoms with Gasteiger partial charge in [-0.15, -0.1) is 0 Å². The fourth-order valence-corrected chi connectivity index (χ4v) is 1.64. The van der Waals surface area contributed by atoms with Gasteiger partial charge in [-0.25, -0.2) is 4.79 Å². The molecular weight excluding hydrogens is 240 g/mol. The highest BCUT2D eigenvalue weighted by Crippen LogP contribution is 2.07. The van der Waals surface area contributed by atoms with Crippen molar-refractivity contribution in [3.05, 3.63) is 0 Å². The van der Waals surface area contributed by atoms with Gasteiger partial charge in [-0.1, -0.05) is 0 Å². The number of aliphatic hydroxyl groups is 1. The number of carboxylic acids is 1. The van der Waals surface area contributed by atoms with Gasteiger partial charge in [0, 0.05) is 12.6 Å². The van der Waals surface area contributed by atoms with Crippen molar-refractivity contribution in [2.45, 2.75) is 26.0 Å². The van der Waals surface area contributed by atoms with Gasteiger partial charge < -0.3 is 25.2 Å². The molecule has 2 amide bonds. The fraction of sp³-hybridized carbons (Fsp3) is 0.818. The molecule has 3 atom stereocenters. The van der Waals surface area contributed by atoms with E-state index in [1.54, 1.807) is 13.8 Å². The Morgan fingerprint density at radius 3 is 2.72 bits per heavy atom. The summed E-state index contributed by atoms with van der Waals surface area (Å²) in [5, 5.41) is 20.5. The highest BCUT2D eigenvalue weighted by molar-refractivity contribution is 5.76. The predicted octanol–water partition coefficient (Wildman–Crippen LogP) is -0.502. The number of hydrogen-bond acceptors (Lipinski definition) is 4. The van der Waals surface area contributed by atoms with E-state index >= 15 is 0 Å². The first kappa shape index (κ1) is 14.7. The smallest absolute Gasteiger partial charge is 0.317 e. The van der Waals surface area contributed by atoms with Crippen LogP contribution in [0.15, 0.2) is 0 Å². The Morgan fingerprint density at radius 2 is 2.17 bits per heavy atom. The van der Waals surface area contributed by atoms with Gasteiger partial charge in [0.1, 0.15) is 0 Å². The Kier molecular flexibility index (Phi) is 5.36. The minimum atomic E-state index is -0.946. The first-order valence-corrected chi connectivity index (χ1v) is 5.96. The van der Waals surface area contributed by atoms with E-state index in [0.717, 1.165) is 0 Å². The van der Waals surface area contributed by atoms with Crippen LogP contribution in [0.2, 0.25) is 0 Å². The third-order valence-electron chi connectivity index (χ3n) is 3.12. The van der Waals surface area contributed by atoms with E-state index in [1.165, 1.54) is 4.90 Å². The fourth-order valence-electron chi connectivity index (χ4n) is 1.64. The lowest BCUT2D eigenvalue weighted by Gasteiger charge is -2.33. The van der Waals surface area contributed by atoms with Gasteiger partial charge in [-0.05, 0) is 13.8 Å². The van der Waals surface area contributed by atoms with Gasteiger partial charge in [0.25, 0.3) is 0 Å². The van der Waals surface area contributed by atoms with Crippen LogP contribution in [0.4, 0.5) is 4.79 Å². The third-order valence-corrected chi connectivity index (χ3v) is 3.12. The summed E-state index contributed by atoms with van der Waals surface area (Å²) >= 11 is 0. The zero-order valence-corrected chi connectivity index (χ0v) is 10.6. The standard InChI is InChI=1S/C11H20N2O5/c1-7(10(15)16)8(2)12-11(17)13-3-4-18-9(5-13)6-14/h7-9,14H,3-6H2,1-2H3,(H,12,17)(H,15,16). The van der Waals surface area contributed by atoms with Crippen LogP contribution in [0.1, 0.15) is 13.8 Å². The van der Waals surface area contributed by atoms with Crippen molar-refractivity contribution in [3.8, 4) is 0 Å². The molecule has 0 aliphatic carbocycles. The zero-order valence-electron chi connectivity index (χ0n) is 10.6. The predicted molar refractivity (Wildman–Crippen MR) is 63.2 cm³/mol. The topological polar surface area (TPSA) is 99.1 Å². The molecule has 1 fully saturated rings. The molecule has 0 radical (unpaired) electrons. The average Bonchev–Trinajstić information content (AvgIpc) is 2.37. The second-order valence-corrected chi connectivity index (χ2v) is 4.49. The van der Waals surface area contributed by atoms with Gasteiger partial charge in [0.15, 0.2) is 0 Å². The van der Waals surface area contributed by atoms with Crippen LogP contribution in [-0.4, -0.2) is 65.6 Å². The van der Waals surface area contributed by atoms with Crippen LogP contribution in [0, 0.1) is 5.92 Å². The number of amides is 2. The minimum Gasteiger partial charge on any atom is -0.481 e. The number of morpholine rings is 1. The molecule has 1 aliphatic rings. The Bertz CT molecular complexity index is 310. The lowest BCUT2D eigenvalue weighted by molar-refractivity contribution is -0.141. The van der Waals surface area contributed by atoms with Crippen LogP contribution < -0.4 is 5.32 Å². The normalized spacial score (nSPS) is 23.3. The van der Waals surface area contributed by atoms with E-state index in [4.69, 9.17) is 14.9 Å². The number of aliphatic carboxylic acids is 1. The molecule has 1 rings (SSSR count). The van der Waals surface area contributed by atoms with Crippen molar-refractivity contribution >= 4 is 12.0 Å². The number of rotatable bonds is 4. The number of carbonyl (C=O) groups is 2. The van der Waals surface area contributed by atoms with Crippen LogP contribution >= 0.6 is 0 Å². The summed E-state index contributed by atoms with van der Waals surface area (Å²) < 4.78 is 5.23. The molecule has 104 valence electrons. The number of ether oxygens (including phenoxy) is 1. The maximum absolute atomic E-state index is 11.9. The maximum atomic E-state index is 11.9. The van der Waals surface area contributed by atoms with E-state index in [9.17, 15) is 9.59 Å². The number of aliphatic hydroxyl groups excluding tert-OH is 1. The van der Waals surface area contributed by atoms with Crippen molar-refractivity contribution in [1.29, 1.82) is 0 Å². The number of carbonyl (C=O) groups excluding carboxylic acids is 1. The number of carboxylic acid groups (broad SMARTS) is 1. The largest absolute Gasteiger partial charge is 0.481 e. The number of hydrogen-bond donors (Lipinski definition) is 3. The summed E-state index contributed by atoms with van der Waals surface area (Å²) in [5.74, 6) is -1.60. The minimum absolute atomic E-state index is 0.134. The molecule has 0 bridgehead atoms. The highest BCUT2D eigenvalue weighted by Gasteiger charge is 2.27. The van der Waals surface area contributed by atoms with Crippen LogP contribution in [0.5, 0.6) is 0 Å². The molecule has 7 nitrogen and oxygen atoms in total. The van der Waals surface area contributed by atoms with E-state index < -0.39 is 17.9 Å². The second kappa shape index (κ2) is 6.55. The van der Waals surface area contributed by atoms with Crippen LogP contribution in [0.3, 0.4) is 0 Å². The Labute approximate surface area is 106 Å². The summed E-state index contributed by atoms with van der Waals surface area (Å²) in [6, 6.07) is -0.775. The number of urea groups is 1. The van der Waals surface area contributed by atoms with Crippen LogP contribution in [-0.2, 0) is 9.53 Å². The summed E-state index contributed by atoms with van der Waals surface area (Å²) in [7, 11) is 0. The molecule has 0 aromatic rings. The third kappa shape index (κ3) is 3.85.